The number of nitrogens with one attached hydrogen (secondary N) is 1. The van der Waals surface area contributed by atoms with Crippen molar-refractivity contribution in [2.75, 3.05) is 6.61 Å². The fraction of sp³-hybridized carbons (Fsp3) is 0.944. The van der Waals surface area contributed by atoms with Gasteiger partial charge in [0, 0.05) is 6.42 Å². The average molecular weight is 311 g/mol. The van der Waals surface area contributed by atoms with E-state index in [0.717, 1.165) is 38.5 Å². The molecule has 4 heteroatoms. The van der Waals surface area contributed by atoms with Crippen molar-refractivity contribution in [3.8, 4) is 0 Å². The van der Waals surface area contributed by atoms with Crippen molar-refractivity contribution in [3.63, 3.8) is 0 Å². The largest absolute Gasteiger partial charge is 0.394 e. The Balaban J connectivity index is 1.63. The summed E-state index contributed by atoms with van der Waals surface area (Å²) < 4.78 is 0. The van der Waals surface area contributed by atoms with Crippen molar-refractivity contribution >= 4 is 5.91 Å². The molecule has 2 rings (SSSR count). The maximum Gasteiger partial charge on any atom is 0.220 e. The first-order valence-corrected chi connectivity index (χ1v) is 9.25. The van der Waals surface area contributed by atoms with Crippen LogP contribution in [0, 0.1) is 11.8 Å². The second-order valence-corrected chi connectivity index (χ2v) is 7.40. The van der Waals surface area contributed by atoms with Gasteiger partial charge in [0.05, 0.1) is 18.8 Å². The summed E-state index contributed by atoms with van der Waals surface area (Å²) in [5, 5.41) is 22.0. The molecule has 2 aliphatic carbocycles. The Morgan fingerprint density at radius 1 is 1.00 bits per heavy atom. The average Bonchev–Trinajstić information content (AvgIpc) is 2.54. The molecule has 0 aromatic rings. The number of carbonyl (C=O) groups is 1. The Morgan fingerprint density at radius 3 is 2.32 bits per heavy atom. The normalized spacial score (nSPS) is 28.3. The number of aliphatic hydroxyl groups is 2. The second kappa shape index (κ2) is 9.51. The third-order valence-electron chi connectivity index (χ3n) is 5.52. The molecule has 2 fully saturated rings. The molecule has 3 N–H and O–H groups in total. The van der Waals surface area contributed by atoms with Crippen LogP contribution >= 0.6 is 0 Å². The zero-order valence-corrected chi connectivity index (χ0v) is 13.8. The van der Waals surface area contributed by atoms with Gasteiger partial charge < -0.3 is 15.5 Å². The minimum atomic E-state index is -0.126. The number of hydrogen-bond donors (Lipinski definition) is 3. The summed E-state index contributed by atoms with van der Waals surface area (Å²) in [6, 6.07) is -0.0659. The van der Waals surface area contributed by atoms with Gasteiger partial charge in [-0.05, 0) is 50.4 Å². The monoisotopic (exact) mass is 311 g/mol. The van der Waals surface area contributed by atoms with Gasteiger partial charge in [-0.15, -0.1) is 0 Å². The molecule has 2 aliphatic rings. The molecule has 128 valence electrons. The van der Waals surface area contributed by atoms with E-state index in [1.54, 1.807) is 0 Å². The summed E-state index contributed by atoms with van der Waals surface area (Å²) in [7, 11) is 0. The highest BCUT2D eigenvalue weighted by Crippen LogP contribution is 2.28. The van der Waals surface area contributed by atoms with E-state index in [-0.39, 0.29) is 24.7 Å². The smallest absolute Gasteiger partial charge is 0.220 e. The lowest BCUT2D eigenvalue weighted by Crippen LogP contribution is -2.39. The van der Waals surface area contributed by atoms with Crippen LogP contribution in [0.3, 0.4) is 0 Å². The first-order valence-electron chi connectivity index (χ1n) is 9.25. The maximum absolute atomic E-state index is 12.1. The number of amides is 1. The molecular formula is C18H33NO3. The van der Waals surface area contributed by atoms with Crippen LogP contribution < -0.4 is 5.32 Å². The standard InChI is InChI=1S/C18H33NO3/c20-13-16(12-15-4-2-1-3-5-15)19-18(22)11-8-14-6-9-17(21)10-7-14/h14-17,20-21H,1-13H2,(H,19,22). The van der Waals surface area contributed by atoms with Crippen LogP contribution in [0.5, 0.6) is 0 Å². The molecule has 0 heterocycles. The molecule has 0 bridgehead atoms. The Morgan fingerprint density at radius 2 is 1.68 bits per heavy atom. The molecule has 0 saturated heterocycles. The highest BCUT2D eigenvalue weighted by Gasteiger charge is 2.22. The minimum Gasteiger partial charge on any atom is -0.394 e. The van der Waals surface area contributed by atoms with Crippen LogP contribution in [-0.2, 0) is 4.79 Å². The minimum absolute atomic E-state index is 0.0534. The van der Waals surface area contributed by atoms with Gasteiger partial charge in [-0.2, -0.15) is 0 Å². The van der Waals surface area contributed by atoms with Gasteiger partial charge in [-0.1, -0.05) is 32.1 Å². The summed E-state index contributed by atoms with van der Waals surface area (Å²) >= 11 is 0. The maximum atomic E-state index is 12.1. The molecule has 0 aromatic carbocycles. The van der Waals surface area contributed by atoms with E-state index in [1.807, 2.05) is 0 Å². The molecular weight excluding hydrogens is 278 g/mol. The van der Waals surface area contributed by atoms with Gasteiger partial charge in [0.1, 0.15) is 0 Å². The third-order valence-corrected chi connectivity index (χ3v) is 5.52. The second-order valence-electron chi connectivity index (χ2n) is 7.40. The van der Waals surface area contributed by atoms with Crippen LogP contribution in [0.15, 0.2) is 0 Å². The molecule has 0 aromatic heterocycles. The summed E-state index contributed by atoms with van der Waals surface area (Å²) in [6.07, 6.45) is 12.5. The molecule has 0 spiro atoms. The number of rotatable bonds is 7. The molecule has 0 radical (unpaired) electrons. The van der Waals surface area contributed by atoms with E-state index >= 15 is 0 Å². The van der Waals surface area contributed by atoms with Crippen LogP contribution in [0.1, 0.15) is 77.0 Å². The van der Waals surface area contributed by atoms with Gasteiger partial charge in [-0.3, -0.25) is 4.79 Å². The number of hydrogen-bond acceptors (Lipinski definition) is 3. The Hall–Kier alpha value is -0.610. The van der Waals surface area contributed by atoms with Gasteiger partial charge in [0.2, 0.25) is 5.91 Å². The SMILES string of the molecule is O=C(CCC1CCC(O)CC1)NC(CO)CC1CCCCC1. The summed E-state index contributed by atoms with van der Waals surface area (Å²) in [6.45, 7) is 0.0534. The topological polar surface area (TPSA) is 69.6 Å². The van der Waals surface area contributed by atoms with Crippen LogP contribution in [0.25, 0.3) is 0 Å². The highest BCUT2D eigenvalue weighted by atomic mass is 16.3. The van der Waals surface area contributed by atoms with E-state index in [9.17, 15) is 15.0 Å². The van der Waals surface area contributed by atoms with Crippen molar-refractivity contribution < 1.29 is 15.0 Å². The van der Waals surface area contributed by atoms with E-state index < -0.39 is 0 Å². The van der Waals surface area contributed by atoms with Crippen molar-refractivity contribution in [3.05, 3.63) is 0 Å². The highest BCUT2D eigenvalue weighted by molar-refractivity contribution is 5.76. The van der Waals surface area contributed by atoms with E-state index in [1.165, 1.54) is 32.1 Å². The lowest BCUT2D eigenvalue weighted by atomic mass is 9.84. The first-order chi connectivity index (χ1) is 10.7. The molecule has 0 aliphatic heterocycles. The third kappa shape index (κ3) is 6.25. The fourth-order valence-corrected chi connectivity index (χ4v) is 4.07. The quantitative estimate of drug-likeness (QED) is 0.677. The molecule has 1 atom stereocenters. The van der Waals surface area contributed by atoms with Crippen LogP contribution in [0.2, 0.25) is 0 Å². The number of aliphatic hydroxyl groups excluding tert-OH is 2. The Kier molecular flexibility index (Phi) is 7.67. The zero-order chi connectivity index (χ0) is 15.8. The number of carbonyl (C=O) groups excluding carboxylic acids is 1. The van der Waals surface area contributed by atoms with Crippen molar-refractivity contribution in [2.24, 2.45) is 11.8 Å². The van der Waals surface area contributed by atoms with Crippen LogP contribution in [0.4, 0.5) is 0 Å². The van der Waals surface area contributed by atoms with E-state index in [0.29, 0.717) is 18.3 Å². The van der Waals surface area contributed by atoms with Gasteiger partial charge in [-0.25, -0.2) is 0 Å². The molecule has 2 saturated carbocycles. The van der Waals surface area contributed by atoms with E-state index in [2.05, 4.69) is 5.32 Å². The molecule has 1 unspecified atom stereocenters. The van der Waals surface area contributed by atoms with Gasteiger partial charge >= 0.3 is 0 Å². The van der Waals surface area contributed by atoms with Crippen molar-refractivity contribution in [1.29, 1.82) is 0 Å². The first kappa shape index (κ1) is 17.7. The van der Waals surface area contributed by atoms with E-state index in [4.69, 9.17) is 0 Å². The lowest BCUT2D eigenvalue weighted by molar-refractivity contribution is -0.122. The van der Waals surface area contributed by atoms with Crippen molar-refractivity contribution in [1.82, 2.24) is 5.32 Å². The Labute approximate surface area is 134 Å². The molecule has 4 nitrogen and oxygen atoms in total. The van der Waals surface area contributed by atoms with Gasteiger partial charge in [0.15, 0.2) is 0 Å². The zero-order valence-electron chi connectivity index (χ0n) is 13.8. The van der Waals surface area contributed by atoms with Crippen LogP contribution in [-0.4, -0.2) is 34.9 Å². The molecule has 22 heavy (non-hydrogen) atoms. The Bertz CT molecular complexity index is 320. The summed E-state index contributed by atoms with van der Waals surface area (Å²) in [5.74, 6) is 1.34. The predicted molar refractivity (Wildman–Crippen MR) is 87.4 cm³/mol. The summed E-state index contributed by atoms with van der Waals surface area (Å²) in [4.78, 5) is 12.1. The fourth-order valence-electron chi connectivity index (χ4n) is 4.07. The lowest BCUT2D eigenvalue weighted by Gasteiger charge is -2.27. The van der Waals surface area contributed by atoms with Crippen molar-refractivity contribution in [2.45, 2.75) is 89.2 Å². The molecule has 1 amide bonds. The summed E-state index contributed by atoms with van der Waals surface area (Å²) in [5.41, 5.74) is 0. The predicted octanol–water partition coefficient (Wildman–Crippen LogP) is 2.77. The van der Waals surface area contributed by atoms with Gasteiger partial charge in [0.25, 0.3) is 0 Å².